The summed E-state index contributed by atoms with van der Waals surface area (Å²) in [7, 11) is -4.26. The molecule has 7 nitrogen and oxygen atoms in total. The van der Waals surface area contributed by atoms with E-state index in [4.69, 9.17) is 23.2 Å². The maximum Gasteiger partial charge on any atom is 0.264 e. The van der Waals surface area contributed by atoms with Gasteiger partial charge < -0.3 is 10.2 Å². The lowest BCUT2D eigenvalue weighted by Crippen LogP contribution is -2.54. The number of nitrogens with zero attached hydrogens (tertiary/aromatic N) is 2. The van der Waals surface area contributed by atoms with Gasteiger partial charge in [-0.05, 0) is 66.9 Å². The number of nitrogens with one attached hydrogen (secondary N) is 1. The minimum Gasteiger partial charge on any atom is -0.352 e. The maximum atomic E-state index is 14.5. The van der Waals surface area contributed by atoms with Gasteiger partial charge in [-0.3, -0.25) is 13.9 Å². The number of carbonyl (C=O) groups is 2. The molecule has 0 saturated carbocycles. The molecule has 0 unspecified atom stereocenters. The van der Waals surface area contributed by atoms with Crippen molar-refractivity contribution in [2.24, 2.45) is 0 Å². The van der Waals surface area contributed by atoms with Crippen molar-refractivity contribution in [3.8, 4) is 0 Å². The van der Waals surface area contributed by atoms with E-state index in [0.717, 1.165) is 19.9 Å². The molecule has 45 heavy (non-hydrogen) atoms. The summed E-state index contributed by atoms with van der Waals surface area (Å²) in [6.45, 7) is 3.31. The third-order valence-electron chi connectivity index (χ3n) is 7.26. The molecule has 0 spiro atoms. The first-order chi connectivity index (χ1) is 21.5. The Morgan fingerprint density at radius 3 is 2.04 bits per heavy atom. The molecule has 0 fully saturated rings. The van der Waals surface area contributed by atoms with Crippen LogP contribution in [0.1, 0.15) is 31.4 Å². The van der Waals surface area contributed by atoms with E-state index in [1.165, 1.54) is 35.2 Å². The van der Waals surface area contributed by atoms with Crippen LogP contribution < -0.4 is 9.62 Å². The molecule has 4 aromatic carbocycles. The van der Waals surface area contributed by atoms with Crippen molar-refractivity contribution in [3.63, 3.8) is 0 Å². The highest BCUT2D eigenvalue weighted by molar-refractivity contribution is 9.10. The Bertz CT molecular complexity index is 1710. The second-order valence-electron chi connectivity index (χ2n) is 10.6. The molecule has 0 bridgehead atoms. The Hall–Kier alpha value is -3.37. The average Bonchev–Trinajstić information content (AvgIpc) is 3.01. The summed E-state index contributed by atoms with van der Waals surface area (Å²) in [6.07, 6.45) is 0.916. The van der Waals surface area contributed by atoms with E-state index in [-0.39, 0.29) is 45.5 Å². The van der Waals surface area contributed by atoms with Gasteiger partial charge in [0.25, 0.3) is 10.0 Å². The van der Waals surface area contributed by atoms with Gasteiger partial charge in [0, 0.05) is 33.5 Å². The lowest BCUT2D eigenvalue weighted by molar-refractivity contribution is -0.140. The number of halogens is 3. The monoisotopic (exact) mass is 729 g/mol. The van der Waals surface area contributed by atoms with Crippen LogP contribution in [0.25, 0.3) is 0 Å². The number of sulfonamides is 1. The summed E-state index contributed by atoms with van der Waals surface area (Å²) < 4.78 is 30.0. The quantitative estimate of drug-likeness (QED) is 0.154. The van der Waals surface area contributed by atoms with Crippen LogP contribution in [-0.2, 0) is 32.6 Å². The molecular weight excluding hydrogens is 697 g/mol. The minimum absolute atomic E-state index is 0.0113. The van der Waals surface area contributed by atoms with Crippen LogP contribution >= 0.6 is 39.1 Å². The molecule has 0 radical (unpaired) electrons. The van der Waals surface area contributed by atoms with Crippen LogP contribution in [0.3, 0.4) is 0 Å². The van der Waals surface area contributed by atoms with Crippen molar-refractivity contribution in [2.45, 2.75) is 50.2 Å². The van der Waals surface area contributed by atoms with E-state index in [9.17, 15) is 18.0 Å². The molecule has 4 rings (SSSR count). The zero-order valence-corrected chi connectivity index (χ0v) is 28.8. The highest BCUT2D eigenvalue weighted by atomic mass is 79.9. The summed E-state index contributed by atoms with van der Waals surface area (Å²) in [5, 5.41) is 3.44. The second kappa shape index (κ2) is 15.8. The van der Waals surface area contributed by atoms with Crippen LogP contribution in [0.2, 0.25) is 10.0 Å². The zero-order valence-electron chi connectivity index (χ0n) is 24.9. The van der Waals surface area contributed by atoms with Gasteiger partial charge >= 0.3 is 0 Å². The summed E-state index contributed by atoms with van der Waals surface area (Å²) in [6, 6.07) is 27.9. The van der Waals surface area contributed by atoms with Crippen LogP contribution in [0.15, 0.2) is 112 Å². The fraction of sp³-hybridized carbons (Fsp3) is 0.235. The highest BCUT2D eigenvalue weighted by Gasteiger charge is 2.35. The Balaban J connectivity index is 1.83. The molecular formula is C34H34BrCl2N3O4S. The van der Waals surface area contributed by atoms with E-state index >= 15 is 0 Å². The maximum absolute atomic E-state index is 14.5. The SMILES string of the molecule is CC[C@H](C)NC(=O)[C@@H](Cc1ccccc1)N(Cc1cccc(Br)c1)C(=O)CN(c1cc(Cl)cc(Cl)c1)S(=O)(=O)c1ccccc1. The molecule has 0 aromatic heterocycles. The molecule has 2 atom stereocenters. The predicted molar refractivity (Wildman–Crippen MR) is 184 cm³/mol. The Morgan fingerprint density at radius 2 is 1.44 bits per heavy atom. The van der Waals surface area contributed by atoms with Crippen molar-refractivity contribution >= 4 is 66.7 Å². The van der Waals surface area contributed by atoms with E-state index in [2.05, 4.69) is 21.2 Å². The van der Waals surface area contributed by atoms with Gasteiger partial charge in [-0.2, -0.15) is 0 Å². The van der Waals surface area contributed by atoms with E-state index in [1.807, 2.05) is 68.4 Å². The van der Waals surface area contributed by atoms with Crippen LogP contribution in [0.4, 0.5) is 5.69 Å². The fourth-order valence-corrected chi connectivity index (χ4v) is 7.14. The van der Waals surface area contributed by atoms with Gasteiger partial charge in [-0.1, -0.05) is 107 Å². The number of hydrogen-bond donors (Lipinski definition) is 1. The average molecular weight is 732 g/mol. The molecule has 1 N–H and O–H groups in total. The molecule has 0 aliphatic carbocycles. The largest absolute Gasteiger partial charge is 0.352 e. The van der Waals surface area contributed by atoms with Gasteiger partial charge in [0.1, 0.15) is 12.6 Å². The van der Waals surface area contributed by atoms with E-state index < -0.39 is 28.5 Å². The number of benzene rings is 4. The smallest absolute Gasteiger partial charge is 0.264 e. The fourth-order valence-electron chi connectivity index (χ4n) is 4.76. The number of anilines is 1. The normalized spacial score (nSPS) is 12.6. The van der Waals surface area contributed by atoms with Crippen molar-refractivity contribution in [1.29, 1.82) is 0 Å². The summed E-state index contributed by atoms with van der Waals surface area (Å²) in [5.74, 6) is -0.911. The molecule has 11 heteroatoms. The number of amides is 2. The van der Waals surface area contributed by atoms with Gasteiger partial charge in [0.15, 0.2) is 0 Å². The first-order valence-corrected chi connectivity index (χ1v) is 17.4. The van der Waals surface area contributed by atoms with Crippen LogP contribution in [0, 0.1) is 0 Å². The van der Waals surface area contributed by atoms with Crippen molar-refractivity contribution in [2.75, 3.05) is 10.8 Å². The second-order valence-corrected chi connectivity index (χ2v) is 14.3. The molecule has 0 aliphatic heterocycles. The molecule has 0 aliphatic rings. The van der Waals surface area contributed by atoms with Gasteiger partial charge in [-0.15, -0.1) is 0 Å². The lowest BCUT2D eigenvalue weighted by atomic mass is 10.0. The van der Waals surface area contributed by atoms with Gasteiger partial charge in [0.2, 0.25) is 11.8 Å². The zero-order chi connectivity index (χ0) is 32.6. The standard InChI is InChI=1S/C34H34BrCl2N3O4S/c1-3-24(2)38-34(42)32(18-25-11-6-4-7-12-25)39(22-26-13-10-14-27(35)17-26)33(41)23-40(30-20-28(36)19-29(37)21-30)45(43,44)31-15-8-5-9-16-31/h4-17,19-21,24,32H,3,18,22-23H2,1-2H3,(H,38,42)/t24-,32+/m0/s1. The lowest BCUT2D eigenvalue weighted by Gasteiger charge is -2.34. The van der Waals surface area contributed by atoms with E-state index in [0.29, 0.717) is 6.42 Å². The summed E-state index contributed by atoms with van der Waals surface area (Å²) in [4.78, 5) is 29.9. The van der Waals surface area contributed by atoms with Crippen molar-refractivity contribution in [3.05, 3.63) is 129 Å². The number of hydrogen-bond acceptors (Lipinski definition) is 4. The third-order valence-corrected chi connectivity index (χ3v) is 9.98. The van der Waals surface area contributed by atoms with Gasteiger partial charge in [0.05, 0.1) is 10.6 Å². The molecule has 236 valence electrons. The van der Waals surface area contributed by atoms with Crippen LogP contribution in [-0.4, -0.2) is 43.8 Å². The Kier molecular flexibility index (Phi) is 12.1. The number of rotatable bonds is 13. The predicted octanol–water partition coefficient (Wildman–Crippen LogP) is 7.51. The summed E-state index contributed by atoms with van der Waals surface area (Å²) in [5.41, 5.74) is 1.73. The first-order valence-electron chi connectivity index (χ1n) is 14.4. The minimum atomic E-state index is -4.26. The summed E-state index contributed by atoms with van der Waals surface area (Å²) >= 11 is 16.1. The van der Waals surface area contributed by atoms with Crippen LogP contribution in [0.5, 0.6) is 0 Å². The molecule has 0 saturated heterocycles. The first kappa shape index (κ1) is 34.5. The molecule has 4 aromatic rings. The van der Waals surface area contributed by atoms with Gasteiger partial charge in [-0.25, -0.2) is 8.42 Å². The highest BCUT2D eigenvalue weighted by Crippen LogP contribution is 2.30. The molecule has 0 heterocycles. The number of carbonyl (C=O) groups excluding carboxylic acids is 2. The van der Waals surface area contributed by atoms with E-state index in [1.54, 1.807) is 18.2 Å². The Labute approximate surface area is 283 Å². The van der Waals surface area contributed by atoms with Crippen molar-refractivity contribution in [1.82, 2.24) is 10.2 Å². The third kappa shape index (κ3) is 9.33. The molecule has 2 amide bonds. The van der Waals surface area contributed by atoms with Crippen molar-refractivity contribution < 1.29 is 18.0 Å². The Morgan fingerprint density at radius 1 is 0.844 bits per heavy atom. The topological polar surface area (TPSA) is 86.8 Å².